The number of methoxy groups -OCH3 is 1. The van der Waals surface area contributed by atoms with Gasteiger partial charge in [-0.05, 0) is 54.4 Å². The van der Waals surface area contributed by atoms with E-state index in [1.807, 2.05) is 24.3 Å². The number of carbonyl (C=O) groups is 3. The van der Waals surface area contributed by atoms with Crippen molar-refractivity contribution in [3.8, 4) is 5.75 Å². The van der Waals surface area contributed by atoms with E-state index in [1.54, 1.807) is 26.2 Å². The Hall–Kier alpha value is -3.75. The highest BCUT2D eigenvalue weighted by atomic mass is 19.1. The van der Waals surface area contributed by atoms with Crippen LogP contribution in [0.1, 0.15) is 30.5 Å². The number of carbonyl (C=O) groups excluding carboxylic acids is 3. The molecule has 2 heterocycles. The highest BCUT2D eigenvalue weighted by Gasteiger charge is 2.37. The Morgan fingerprint density at radius 3 is 2.30 bits per heavy atom. The quantitative estimate of drug-likeness (QED) is 0.630. The van der Waals surface area contributed by atoms with Gasteiger partial charge in [0.05, 0.1) is 18.9 Å². The van der Waals surface area contributed by atoms with Gasteiger partial charge in [-0.3, -0.25) is 14.4 Å². The monoisotopic (exact) mass is 452 g/mol. The van der Waals surface area contributed by atoms with Crippen molar-refractivity contribution < 1.29 is 23.5 Å². The number of ether oxygens (including phenoxy) is 1. The Morgan fingerprint density at radius 1 is 1.03 bits per heavy atom. The summed E-state index contributed by atoms with van der Waals surface area (Å²) in [5.41, 5.74) is 2.26. The summed E-state index contributed by atoms with van der Waals surface area (Å²) < 4.78 is 18.7. The van der Waals surface area contributed by atoms with Gasteiger partial charge in [-0.2, -0.15) is 5.10 Å². The third-order valence-corrected chi connectivity index (χ3v) is 5.95. The predicted molar refractivity (Wildman–Crippen MR) is 119 cm³/mol. The Labute approximate surface area is 191 Å². The molecule has 0 aromatic heterocycles. The number of halogens is 1. The lowest BCUT2D eigenvalue weighted by atomic mass is 9.98. The predicted octanol–water partition coefficient (Wildman–Crippen LogP) is 2.20. The van der Waals surface area contributed by atoms with Crippen LogP contribution in [0.4, 0.5) is 4.39 Å². The second kappa shape index (κ2) is 9.40. The van der Waals surface area contributed by atoms with Gasteiger partial charge in [0.15, 0.2) is 0 Å². The number of piperazine rings is 1. The molecular weight excluding hydrogens is 427 g/mol. The molecule has 1 fully saturated rings. The number of likely N-dealkylation sites (N-methyl/N-ethyl adjacent to an activating group) is 1. The number of rotatable bonds is 6. The molecule has 3 amide bonds. The SMILES string of the molecule is CCN1CCN(CC(=O)N2N=C(c3ccc(OC)cc3)CC2c2ccc(F)cc2)C(=O)C1=O. The molecule has 2 aliphatic rings. The van der Waals surface area contributed by atoms with Crippen molar-refractivity contribution in [1.82, 2.24) is 14.8 Å². The highest BCUT2D eigenvalue weighted by molar-refractivity contribution is 6.35. The molecule has 0 N–H and O–H groups in total. The topological polar surface area (TPSA) is 82.5 Å². The maximum absolute atomic E-state index is 13.5. The minimum absolute atomic E-state index is 0.251. The fourth-order valence-electron chi connectivity index (χ4n) is 4.05. The van der Waals surface area contributed by atoms with Gasteiger partial charge in [0.2, 0.25) is 0 Å². The molecule has 0 spiro atoms. The number of benzene rings is 2. The van der Waals surface area contributed by atoms with Gasteiger partial charge in [-0.1, -0.05) is 12.1 Å². The lowest BCUT2D eigenvalue weighted by Crippen LogP contribution is -2.56. The van der Waals surface area contributed by atoms with Gasteiger partial charge >= 0.3 is 11.8 Å². The average Bonchev–Trinajstić information content (AvgIpc) is 3.28. The second-order valence-electron chi connectivity index (χ2n) is 7.90. The molecule has 0 bridgehead atoms. The van der Waals surface area contributed by atoms with Gasteiger partial charge < -0.3 is 14.5 Å². The van der Waals surface area contributed by atoms with E-state index in [0.29, 0.717) is 31.0 Å². The van der Waals surface area contributed by atoms with E-state index in [4.69, 9.17) is 4.74 Å². The van der Waals surface area contributed by atoms with E-state index in [9.17, 15) is 18.8 Å². The van der Waals surface area contributed by atoms with Crippen LogP contribution in [0.15, 0.2) is 53.6 Å². The maximum atomic E-state index is 13.5. The van der Waals surface area contributed by atoms with E-state index in [2.05, 4.69) is 5.10 Å². The number of hydrogen-bond donors (Lipinski definition) is 0. The molecule has 1 unspecified atom stereocenters. The van der Waals surface area contributed by atoms with E-state index in [0.717, 1.165) is 11.1 Å². The van der Waals surface area contributed by atoms with E-state index >= 15 is 0 Å². The van der Waals surface area contributed by atoms with Crippen LogP contribution in [0.5, 0.6) is 5.75 Å². The first-order chi connectivity index (χ1) is 15.9. The smallest absolute Gasteiger partial charge is 0.312 e. The summed E-state index contributed by atoms with van der Waals surface area (Å²) in [5, 5.41) is 5.91. The van der Waals surface area contributed by atoms with Crippen molar-refractivity contribution >= 4 is 23.4 Å². The molecule has 2 aliphatic heterocycles. The molecule has 1 atom stereocenters. The van der Waals surface area contributed by atoms with Crippen LogP contribution in [0.25, 0.3) is 0 Å². The molecule has 9 heteroatoms. The molecule has 172 valence electrons. The molecule has 2 aromatic rings. The normalized spacial score (nSPS) is 18.6. The number of hydrogen-bond acceptors (Lipinski definition) is 5. The fraction of sp³-hybridized carbons (Fsp3) is 0.333. The zero-order valence-corrected chi connectivity index (χ0v) is 18.5. The first kappa shape index (κ1) is 22.4. The number of amides is 3. The van der Waals surface area contributed by atoms with E-state index < -0.39 is 23.8 Å². The summed E-state index contributed by atoms with van der Waals surface area (Å²) in [6.07, 6.45) is 0.431. The first-order valence-corrected chi connectivity index (χ1v) is 10.8. The van der Waals surface area contributed by atoms with Crippen molar-refractivity contribution in [2.75, 3.05) is 33.3 Å². The summed E-state index contributed by atoms with van der Waals surface area (Å²) in [6.45, 7) is 2.67. The lowest BCUT2D eigenvalue weighted by Gasteiger charge is -2.33. The fourth-order valence-corrected chi connectivity index (χ4v) is 4.05. The van der Waals surface area contributed by atoms with Crippen molar-refractivity contribution in [1.29, 1.82) is 0 Å². The third kappa shape index (κ3) is 4.57. The van der Waals surface area contributed by atoms with E-state index in [-0.39, 0.29) is 18.9 Å². The Kier molecular flexibility index (Phi) is 6.39. The first-order valence-electron chi connectivity index (χ1n) is 10.8. The molecule has 2 aromatic carbocycles. The second-order valence-corrected chi connectivity index (χ2v) is 7.90. The van der Waals surface area contributed by atoms with Crippen LogP contribution < -0.4 is 4.74 Å². The minimum Gasteiger partial charge on any atom is -0.497 e. The van der Waals surface area contributed by atoms with E-state index in [1.165, 1.54) is 26.9 Å². The largest absolute Gasteiger partial charge is 0.497 e. The zero-order valence-electron chi connectivity index (χ0n) is 18.5. The van der Waals surface area contributed by atoms with Gasteiger partial charge in [0.25, 0.3) is 5.91 Å². The molecule has 4 rings (SSSR count). The zero-order chi connectivity index (χ0) is 23.5. The molecule has 1 saturated heterocycles. The molecule has 8 nitrogen and oxygen atoms in total. The summed E-state index contributed by atoms with van der Waals surface area (Å²) in [6, 6.07) is 12.8. The lowest BCUT2D eigenvalue weighted by molar-refractivity contribution is -0.157. The summed E-state index contributed by atoms with van der Waals surface area (Å²) >= 11 is 0. The van der Waals surface area contributed by atoms with Crippen LogP contribution >= 0.6 is 0 Å². The van der Waals surface area contributed by atoms with Crippen molar-refractivity contribution in [2.24, 2.45) is 5.10 Å². The van der Waals surface area contributed by atoms with Gasteiger partial charge in [-0.25, -0.2) is 9.40 Å². The van der Waals surface area contributed by atoms with Crippen molar-refractivity contribution in [2.45, 2.75) is 19.4 Å². The minimum atomic E-state index is -0.687. The summed E-state index contributed by atoms with van der Waals surface area (Å²) in [5.74, 6) is -1.36. The number of nitrogens with zero attached hydrogens (tertiary/aromatic N) is 4. The number of hydrazone groups is 1. The maximum Gasteiger partial charge on any atom is 0.312 e. The molecule has 0 radical (unpaired) electrons. The van der Waals surface area contributed by atoms with Crippen LogP contribution in [-0.4, -0.2) is 71.5 Å². The standard InChI is InChI=1S/C24H25FN4O4/c1-3-27-12-13-28(24(32)23(27)31)15-22(30)29-21(17-4-8-18(25)9-5-17)14-20(26-29)16-6-10-19(33-2)11-7-16/h4-11,21H,3,12-15H2,1-2H3. The van der Waals surface area contributed by atoms with Gasteiger partial charge in [0, 0.05) is 26.1 Å². The van der Waals surface area contributed by atoms with Gasteiger partial charge in [-0.15, -0.1) is 0 Å². The Morgan fingerprint density at radius 2 is 1.67 bits per heavy atom. The third-order valence-electron chi connectivity index (χ3n) is 5.95. The summed E-state index contributed by atoms with van der Waals surface area (Å²) in [7, 11) is 1.58. The molecular formula is C24H25FN4O4. The van der Waals surface area contributed by atoms with Crippen LogP contribution in [0.2, 0.25) is 0 Å². The van der Waals surface area contributed by atoms with Gasteiger partial charge in [0.1, 0.15) is 18.1 Å². The molecule has 0 aliphatic carbocycles. The Balaban J connectivity index is 1.58. The van der Waals surface area contributed by atoms with Crippen LogP contribution in [0, 0.1) is 5.82 Å². The van der Waals surface area contributed by atoms with Crippen LogP contribution in [-0.2, 0) is 14.4 Å². The van der Waals surface area contributed by atoms with Crippen molar-refractivity contribution in [3.63, 3.8) is 0 Å². The molecule has 0 saturated carbocycles. The van der Waals surface area contributed by atoms with Crippen LogP contribution in [0.3, 0.4) is 0 Å². The highest BCUT2D eigenvalue weighted by Crippen LogP contribution is 2.33. The Bertz CT molecular complexity index is 1080. The average molecular weight is 452 g/mol. The van der Waals surface area contributed by atoms with Crippen molar-refractivity contribution in [3.05, 3.63) is 65.5 Å². The molecule has 33 heavy (non-hydrogen) atoms. The summed E-state index contributed by atoms with van der Waals surface area (Å²) in [4.78, 5) is 40.6.